The van der Waals surface area contributed by atoms with Crippen LogP contribution in [0.3, 0.4) is 0 Å². The number of methoxy groups -OCH3 is 1. The molecule has 1 aliphatic rings. The molecular weight excluding hydrogens is 472 g/mol. The molecule has 3 heterocycles. The smallest absolute Gasteiger partial charge is 0.264 e. The minimum atomic E-state index is -0.444. The molecule has 1 fully saturated rings. The van der Waals surface area contributed by atoms with Crippen molar-refractivity contribution in [2.75, 3.05) is 25.1 Å². The van der Waals surface area contributed by atoms with Crippen LogP contribution in [0, 0.1) is 12.8 Å². The number of hydrogen-bond donors (Lipinski definition) is 1. The molecule has 10 nitrogen and oxygen atoms in total. The molecule has 10 heteroatoms. The van der Waals surface area contributed by atoms with E-state index in [1.54, 1.807) is 33.4 Å². The topological polar surface area (TPSA) is 111 Å². The van der Waals surface area contributed by atoms with Gasteiger partial charge in [-0.2, -0.15) is 5.10 Å². The van der Waals surface area contributed by atoms with Crippen molar-refractivity contribution in [2.45, 2.75) is 26.4 Å². The molecule has 5 rings (SSSR count). The Labute approximate surface area is 213 Å². The van der Waals surface area contributed by atoms with Crippen LogP contribution in [0.25, 0.3) is 11.0 Å². The number of benzene rings is 2. The Bertz CT molecular complexity index is 1510. The van der Waals surface area contributed by atoms with Crippen molar-refractivity contribution in [3.63, 3.8) is 0 Å². The molecule has 2 aromatic carbocycles. The number of amides is 2. The van der Waals surface area contributed by atoms with Crippen LogP contribution < -0.4 is 20.5 Å². The van der Waals surface area contributed by atoms with Crippen molar-refractivity contribution < 1.29 is 14.3 Å². The average Bonchev–Trinajstić information content (AvgIpc) is 3.51. The second-order valence-electron chi connectivity index (χ2n) is 9.17. The second kappa shape index (κ2) is 10.3. The third-order valence-corrected chi connectivity index (χ3v) is 6.58. The Balaban J connectivity index is 1.19. The molecule has 4 aromatic rings. The van der Waals surface area contributed by atoms with Crippen LogP contribution in [-0.4, -0.2) is 51.3 Å². The molecule has 0 bridgehead atoms. The zero-order chi connectivity index (χ0) is 25.9. The van der Waals surface area contributed by atoms with Gasteiger partial charge in [0.1, 0.15) is 17.5 Å². The van der Waals surface area contributed by atoms with E-state index in [0.717, 1.165) is 11.1 Å². The minimum absolute atomic E-state index is 0.0995. The first kappa shape index (κ1) is 24.2. The van der Waals surface area contributed by atoms with Gasteiger partial charge in [0.2, 0.25) is 11.8 Å². The monoisotopic (exact) mass is 500 g/mol. The zero-order valence-corrected chi connectivity index (χ0v) is 20.8. The normalized spacial score (nSPS) is 15.4. The lowest BCUT2D eigenvalue weighted by Gasteiger charge is -2.17. The summed E-state index contributed by atoms with van der Waals surface area (Å²) in [5.74, 6) is -0.0819. The van der Waals surface area contributed by atoms with Crippen molar-refractivity contribution in [2.24, 2.45) is 5.92 Å². The number of hydrogen-bond acceptors (Lipinski definition) is 6. The highest BCUT2D eigenvalue weighted by molar-refractivity contribution is 6.00. The molecule has 190 valence electrons. The molecule has 0 radical (unpaired) electrons. The third kappa shape index (κ3) is 5.09. The zero-order valence-electron chi connectivity index (χ0n) is 20.8. The number of aryl methyl sites for hydroxylation is 1. The van der Waals surface area contributed by atoms with Crippen molar-refractivity contribution in [1.29, 1.82) is 0 Å². The first-order valence-electron chi connectivity index (χ1n) is 12.1. The summed E-state index contributed by atoms with van der Waals surface area (Å²) < 4.78 is 8.40. The van der Waals surface area contributed by atoms with E-state index in [9.17, 15) is 14.4 Å². The van der Waals surface area contributed by atoms with E-state index >= 15 is 0 Å². The Kier molecular flexibility index (Phi) is 6.72. The maximum atomic E-state index is 12.9. The molecule has 0 aliphatic carbocycles. The Morgan fingerprint density at radius 2 is 1.97 bits per heavy atom. The molecular formula is C27H28N6O4. The third-order valence-electron chi connectivity index (χ3n) is 6.58. The van der Waals surface area contributed by atoms with Gasteiger partial charge in [-0.25, -0.2) is 9.67 Å². The van der Waals surface area contributed by atoms with Crippen molar-refractivity contribution >= 4 is 28.5 Å². The first-order chi connectivity index (χ1) is 17.9. The van der Waals surface area contributed by atoms with Gasteiger partial charge >= 0.3 is 0 Å². The number of rotatable bonds is 8. The standard InChI is InChI=1S/C27H28N6O4/c1-18-6-8-19(9-7-18)15-31-17-29-25-23(27(31)36)14-30-33(25)11-10-28-26(35)20-12-24(34)32(16-20)21-4-3-5-22(13-21)37-2/h3-9,13-14,17,20H,10-12,15-16H2,1-2H3,(H,28,35). The predicted molar refractivity (Wildman–Crippen MR) is 139 cm³/mol. The maximum Gasteiger partial charge on any atom is 0.264 e. The van der Waals surface area contributed by atoms with E-state index in [1.807, 2.05) is 43.3 Å². The highest BCUT2D eigenvalue weighted by Crippen LogP contribution is 2.28. The van der Waals surface area contributed by atoms with Gasteiger partial charge in [0.05, 0.1) is 32.3 Å². The summed E-state index contributed by atoms with van der Waals surface area (Å²) in [6, 6.07) is 15.2. The molecule has 37 heavy (non-hydrogen) atoms. The number of carbonyl (C=O) groups is 2. The second-order valence-corrected chi connectivity index (χ2v) is 9.17. The van der Waals surface area contributed by atoms with Gasteiger partial charge in [0.25, 0.3) is 5.56 Å². The van der Waals surface area contributed by atoms with E-state index in [0.29, 0.717) is 48.6 Å². The number of ether oxygens (including phenoxy) is 1. The van der Waals surface area contributed by atoms with Crippen LogP contribution in [0.5, 0.6) is 5.75 Å². The van der Waals surface area contributed by atoms with Crippen LogP contribution in [0.1, 0.15) is 17.5 Å². The van der Waals surface area contributed by atoms with E-state index in [4.69, 9.17) is 4.74 Å². The van der Waals surface area contributed by atoms with Crippen LogP contribution in [-0.2, 0) is 22.7 Å². The van der Waals surface area contributed by atoms with Crippen molar-refractivity contribution in [3.05, 3.63) is 82.5 Å². The van der Waals surface area contributed by atoms with Crippen molar-refractivity contribution in [1.82, 2.24) is 24.6 Å². The molecule has 0 spiro atoms. The number of aromatic nitrogens is 4. The Morgan fingerprint density at radius 3 is 2.76 bits per heavy atom. The quantitative estimate of drug-likeness (QED) is 0.397. The first-order valence-corrected chi connectivity index (χ1v) is 12.1. The molecule has 1 atom stereocenters. The molecule has 1 N–H and O–H groups in total. The Hall–Kier alpha value is -4.47. The van der Waals surface area contributed by atoms with Crippen molar-refractivity contribution in [3.8, 4) is 5.75 Å². The van der Waals surface area contributed by atoms with Crippen LogP contribution >= 0.6 is 0 Å². The molecule has 1 saturated heterocycles. The van der Waals surface area contributed by atoms with Gasteiger partial charge in [-0.05, 0) is 24.6 Å². The maximum absolute atomic E-state index is 12.9. The Morgan fingerprint density at radius 1 is 1.16 bits per heavy atom. The van der Waals surface area contributed by atoms with Crippen LogP contribution in [0.15, 0.2) is 65.8 Å². The minimum Gasteiger partial charge on any atom is -0.497 e. The number of carbonyl (C=O) groups excluding carboxylic acids is 2. The highest BCUT2D eigenvalue weighted by atomic mass is 16.5. The summed E-state index contributed by atoms with van der Waals surface area (Å²) in [6.45, 7) is 3.41. The number of nitrogens with zero attached hydrogens (tertiary/aromatic N) is 5. The largest absolute Gasteiger partial charge is 0.497 e. The molecule has 0 saturated carbocycles. The predicted octanol–water partition coefficient (Wildman–Crippen LogP) is 2.13. The van der Waals surface area contributed by atoms with E-state index in [1.165, 1.54) is 12.5 Å². The SMILES string of the molecule is COc1cccc(N2CC(C(=O)NCCn3ncc4c(=O)n(Cc5ccc(C)cc5)cnc43)CC2=O)c1. The van der Waals surface area contributed by atoms with Gasteiger partial charge in [-0.3, -0.25) is 19.0 Å². The van der Waals surface area contributed by atoms with E-state index in [-0.39, 0.29) is 23.8 Å². The van der Waals surface area contributed by atoms with Crippen LogP contribution in [0.4, 0.5) is 5.69 Å². The summed E-state index contributed by atoms with van der Waals surface area (Å²) >= 11 is 0. The van der Waals surface area contributed by atoms with Gasteiger partial charge < -0.3 is 15.0 Å². The number of anilines is 1. The molecule has 1 unspecified atom stereocenters. The summed E-state index contributed by atoms with van der Waals surface area (Å²) in [6.07, 6.45) is 3.19. The lowest BCUT2D eigenvalue weighted by molar-refractivity contribution is -0.126. The van der Waals surface area contributed by atoms with Gasteiger partial charge in [-0.1, -0.05) is 35.9 Å². The van der Waals surface area contributed by atoms with Gasteiger partial charge in [0, 0.05) is 31.3 Å². The summed E-state index contributed by atoms with van der Waals surface area (Å²) in [4.78, 5) is 44.3. The average molecular weight is 501 g/mol. The van der Waals surface area contributed by atoms with E-state index < -0.39 is 5.92 Å². The summed E-state index contributed by atoms with van der Waals surface area (Å²) in [5, 5.41) is 7.62. The summed E-state index contributed by atoms with van der Waals surface area (Å²) in [7, 11) is 1.57. The molecule has 2 aromatic heterocycles. The number of nitrogens with one attached hydrogen (secondary N) is 1. The van der Waals surface area contributed by atoms with Gasteiger partial charge in [0.15, 0.2) is 5.65 Å². The lowest BCUT2D eigenvalue weighted by Crippen LogP contribution is -2.35. The fourth-order valence-electron chi connectivity index (χ4n) is 4.50. The van der Waals surface area contributed by atoms with Crippen LogP contribution in [0.2, 0.25) is 0 Å². The lowest BCUT2D eigenvalue weighted by atomic mass is 10.1. The van der Waals surface area contributed by atoms with E-state index in [2.05, 4.69) is 15.4 Å². The summed E-state index contributed by atoms with van der Waals surface area (Å²) in [5.41, 5.74) is 3.19. The molecule has 2 amide bonds. The fraction of sp³-hybridized carbons (Fsp3) is 0.296. The highest BCUT2D eigenvalue weighted by Gasteiger charge is 2.35. The fourth-order valence-corrected chi connectivity index (χ4v) is 4.50. The van der Waals surface area contributed by atoms with Gasteiger partial charge in [-0.15, -0.1) is 0 Å². The number of fused-ring (bicyclic) bond motifs is 1. The molecule has 1 aliphatic heterocycles.